The summed E-state index contributed by atoms with van der Waals surface area (Å²) in [6.07, 6.45) is 6.96. The van der Waals surface area contributed by atoms with Crippen molar-refractivity contribution in [2.45, 2.75) is 31.7 Å². The van der Waals surface area contributed by atoms with Crippen LogP contribution in [0.5, 0.6) is 0 Å². The Hall–Kier alpha value is -2.35. The van der Waals surface area contributed by atoms with Gasteiger partial charge in [0.1, 0.15) is 27.7 Å². The van der Waals surface area contributed by atoms with Gasteiger partial charge in [0.05, 0.1) is 11.9 Å². The highest BCUT2D eigenvalue weighted by Crippen LogP contribution is 2.37. The van der Waals surface area contributed by atoms with Crippen molar-refractivity contribution in [1.82, 2.24) is 30.0 Å². The Balaban J connectivity index is 1.47. The van der Waals surface area contributed by atoms with Crippen LogP contribution in [0.2, 0.25) is 0 Å². The molecule has 0 saturated heterocycles. The maximum Gasteiger partial charge on any atom is 0.271 e. The van der Waals surface area contributed by atoms with Crippen LogP contribution in [0.4, 0.5) is 0 Å². The third-order valence-electron chi connectivity index (χ3n) is 4.21. The first-order valence-electron chi connectivity index (χ1n) is 7.59. The molecular weight excluding hydrogens is 312 g/mol. The molecule has 0 atom stereocenters. The molecule has 8 heteroatoms. The number of carbonyl (C=O) groups excluding carboxylic acids is 1. The molecule has 7 nitrogen and oxygen atoms in total. The summed E-state index contributed by atoms with van der Waals surface area (Å²) in [6, 6.07) is 1.85. The van der Waals surface area contributed by atoms with Crippen LogP contribution in [0.3, 0.4) is 0 Å². The summed E-state index contributed by atoms with van der Waals surface area (Å²) in [5.74, 6) is 0.353. The molecule has 1 fully saturated rings. The third-order valence-corrected chi connectivity index (χ3v) is 5.30. The molecule has 1 amide bonds. The molecule has 0 radical (unpaired) electrons. The molecule has 1 N–H and O–H groups in total. The van der Waals surface area contributed by atoms with Crippen LogP contribution >= 0.6 is 11.3 Å². The molecule has 4 rings (SSSR count). The number of fused-ring (bicyclic) bond motifs is 1. The van der Waals surface area contributed by atoms with Gasteiger partial charge in [0.15, 0.2) is 0 Å². The van der Waals surface area contributed by atoms with E-state index in [1.807, 2.05) is 23.9 Å². The lowest BCUT2D eigenvalue weighted by Gasteiger charge is -2.21. The van der Waals surface area contributed by atoms with E-state index < -0.39 is 0 Å². The predicted molar refractivity (Wildman–Crippen MR) is 86.2 cm³/mol. The van der Waals surface area contributed by atoms with Crippen molar-refractivity contribution in [2.75, 3.05) is 0 Å². The minimum absolute atomic E-state index is 0.219. The molecule has 0 bridgehead atoms. The van der Waals surface area contributed by atoms with E-state index in [0.29, 0.717) is 18.2 Å². The summed E-state index contributed by atoms with van der Waals surface area (Å²) in [5, 5.41) is 13.9. The molecule has 0 unspecified atom stereocenters. The Morgan fingerprint density at radius 3 is 3.04 bits per heavy atom. The molecule has 0 aliphatic heterocycles. The zero-order valence-corrected chi connectivity index (χ0v) is 13.5. The van der Waals surface area contributed by atoms with Gasteiger partial charge in [0, 0.05) is 19.2 Å². The highest BCUT2D eigenvalue weighted by atomic mass is 32.1. The highest BCUT2D eigenvalue weighted by molar-refractivity contribution is 7.11. The Morgan fingerprint density at radius 2 is 2.26 bits per heavy atom. The van der Waals surface area contributed by atoms with Gasteiger partial charge < -0.3 is 9.88 Å². The first kappa shape index (κ1) is 14.3. The van der Waals surface area contributed by atoms with Gasteiger partial charge in [-0.25, -0.2) is 9.97 Å². The number of hydrogen-bond donors (Lipinski definition) is 1. The van der Waals surface area contributed by atoms with Crippen LogP contribution in [0.1, 0.15) is 45.7 Å². The lowest BCUT2D eigenvalue weighted by molar-refractivity contribution is 0.0947. The number of amides is 1. The lowest BCUT2D eigenvalue weighted by atomic mass is 9.86. The molecule has 1 saturated carbocycles. The molecular formula is C15H16N6OS. The van der Waals surface area contributed by atoms with Crippen molar-refractivity contribution >= 4 is 28.3 Å². The lowest BCUT2D eigenvalue weighted by Crippen LogP contribution is -2.24. The molecule has 3 aromatic rings. The second-order valence-corrected chi connectivity index (χ2v) is 6.82. The van der Waals surface area contributed by atoms with E-state index in [1.54, 1.807) is 11.3 Å². The molecule has 0 spiro atoms. The first-order chi connectivity index (χ1) is 11.2. The normalized spacial score (nSPS) is 14.8. The molecule has 1 aliphatic carbocycles. The van der Waals surface area contributed by atoms with Gasteiger partial charge in [0.2, 0.25) is 0 Å². The quantitative estimate of drug-likeness (QED) is 0.792. The van der Waals surface area contributed by atoms with Crippen LogP contribution in [0.25, 0.3) is 11.0 Å². The number of nitrogens with zero attached hydrogens (tertiary/aromatic N) is 5. The fraction of sp³-hybridized carbons (Fsp3) is 0.400. The second-order valence-electron chi connectivity index (χ2n) is 5.73. The van der Waals surface area contributed by atoms with Gasteiger partial charge in [-0.15, -0.1) is 10.2 Å². The smallest absolute Gasteiger partial charge is 0.271 e. The van der Waals surface area contributed by atoms with E-state index in [-0.39, 0.29) is 5.91 Å². The van der Waals surface area contributed by atoms with Gasteiger partial charge >= 0.3 is 0 Å². The Kier molecular flexibility index (Phi) is 3.53. The Morgan fingerprint density at radius 1 is 1.39 bits per heavy atom. The predicted octanol–water partition coefficient (Wildman–Crippen LogP) is 2.02. The molecule has 118 valence electrons. The SMILES string of the molecule is Cn1ccc2c(C(=O)NCc3nnc(C4CCC4)s3)ncnc21. The van der Waals surface area contributed by atoms with Crippen molar-refractivity contribution in [2.24, 2.45) is 7.05 Å². The Bertz CT molecular complexity index is 866. The first-order valence-corrected chi connectivity index (χ1v) is 8.40. The van der Waals surface area contributed by atoms with Gasteiger partial charge in [-0.2, -0.15) is 0 Å². The second kappa shape index (κ2) is 5.69. The van der Waals surface area contributed by atoms with Gasteiger partial charge in [-0.3, -0.25) is 4.79 Å². The number of carbonyl (C=O) groups is 1. The average Bonchev–Trinajstić information content (AvgIpc) is 3.11. The van der Waals surface area contributed by atoms with E-state index in [2.05, 4.69) is 25.5 Å². The van der Waals surface area contributed by atoms with Crippen molar-refractivity contribution < 1.29 is 4.79 Å². The molecule has 3 heterocycles. The number of aromatic nitrogens is 5. The topological polar surface area (TPSA) is 85.6 Å². The minimum Gasteiger partial charge on any atom is -0.344 e. The van der Waals surface area contributed by atoms with Gasteiger partial charge in [0.25, 0.3) is 5.91 Å². The standard InChI is InChI=1S/C15H16N6OS/c1-21-6-5-10-12(17-8-18-13(10)21)14(22)16-7-11-19-20-15(23-11)9-3-2-4-9/h5-6,8-9H,2-4,7H2,1H3,(H,16,22). The number of hydrogen-bond acceptors (Lipinski definition) is 6. The highest BCUT2D eigenvalue weighted by Gasteiger charge is 2.23. The van der Waals surface area contributed by atoms with Crippen molar-refractivity contribution in [3.05, 3.63) is 34.3 Å². The summed E-state index contributed by atoms with van der Waals surface area (Å²) in [4.78, 5) is 20.7. The molecule has 1 aliphatic rings. The van der Waals surface area contributed by atoms with E-state index in [0.717, 1.165) is 21.0 Å². The van der Waals surface area contributed by atoms with Gasteiger partial charge in [-0.05, 0) is 18.9 Å². The fourth-order valence-corrected chi connectivity index (χ4v) is 3.61. The molecule has 3 aromatic heterocycles. The number of aryl methyl sites for hydroxylation is 1. The van der Waals surface area contributed by atoms with Crippen LogP contribution in [0.15, 0.2) is 18.6 Å². The van der Waals surface area contributed by atoms with E-state index in [9.17, 15) is 4.79 Å². The number of nitrogens with one attached hydrogen (secondary N) is 1. The number of rotatable bonds is 4. The summed E-state index contributed by atoms with van der Waals surface area (Å²) in [5.41, 5.74) is 1.13. The van der Waals surface area contributed by atoms with Crippen molar-refractivity contribution in [3.8, 4) is 0 Å². The zero-order valence-electron chi connectivity index (χ0n) is 12.7. The summed E-state index contributed by atoms with van der Waals surface area (Å²) in [6.45, 7) is 0.377. The van der Waals surface area contributed by atoms with Gasteiger partial charge in [-0.1, -0.05) is 17.8 Å². The molecule has 23 heavy (non-hydrogen) atoms. The largest absolute Gasteiger partial charge is 0.344 e. The summed E-state index contributed by atoms with van der Waals surface area (Å²) < 4.78 is 1.86. The average molecular weight is 328 g/mol. The minimum atomic E-state index is -0.219. The Labute approximate surface area is 136 Å². The van der Waals surface area contributed by atoms with Crippen molar-refractivity contribution in [1.29, 1.82) is 0 Å². The van der Waals surface area contributed by atoms with E-state index in [4.69, 9.17) is 0 Å². The van der Waals surface area contributed by atoms with Crippen LogP contribution in [-0.2, 0) is 13.6 Å². The maximum absolute atomic E-state index is 12.4. The van der Waals surface area contributed by atoms with E-state index in [1.165, 1.54) is 25.6 Å². The third kappa shape index (κ3) is 2.59. The van der Waals surface area contributed by atoms with Crippen molar-refractivity contribution in [3.63, 3.8) is 0 Å². The van der Waals surface area contributed by atoms with Crippen LogP contribution < -0.4 is 5.32 Å². The monoisotopic (exact) mass is 328 g/mol. The summed E-state index contributed by atoms with van der Waals surface area (Å²) >= 11 is 1.59. The fourth-order valence-electron chi connectivity index (χ4n) is 2.66. The van der Waals surface area contributed by atoms with E-state index >= 15 is 0 Å². The van der Waals surface area contributed by atoms with Crippen LogP contribution in [0, 0.1) is 0 Å². The molecule has 0 aromatic carbocycles. The zero-order chi connectivity index (χ0) is 15.8. The maximum atomic E-state index is 12.4. The summed E-state index contributed by atoms with van der Waals surface area (Å²) in [7, 11) is 1.89. The van der Waals surface area contributed by atoms with Crippen LogP contribution in [-0.4, -0.2) is 30.6 Å².